The van der Waals surface area contributed by atoms with Crippen molar-refractivity contribution in [3.05, 3.63) is 23.8 Å². The highest BCUT2D eigenvalue weighted by atomic mass is 16.5. The van der Waals surface area contributed by atoms with Crippen molar-refractivity contribution in [2.24, 2.45) is 0 Å². The number of nitrogens with one attached hydrogen (secondary N) is 1. The molecule has 1 atom stereocenters. The molecule has 0 aromatic heterocycles. The minimum absolute atomic E-state index is 0.0309. The molecule has 1 aromatic rings. The zero-order chi connectivity index (χ0) is 15.0. The van der Waals surface area contributed by atoms with E-state index in [1.54, 1.807) is 25.3 Å². The normalized spacial score (nSPS) is 11.9. The van der Waals surface area contributed by atoms with E-state index in [0.717, 1.165) is 0 Å². The first-order chi connectivity index (χ1) is 9.63. The number of nitrogen functional groups attached to an aromatic ring is 1. The maximum Gasteiger partial charge on any atom is 0.257 e. The minimum atomic E-state index is -0.331. The summed E-state index contributed by atoms with van der Waals surface area (Å²) < 4.78 is 10.4. The number of hydrogen-bond donors (Lipinski definition) is 3. The van der Waals surface area contributed by atoms with E-state index in [1.165, 1.54) is 0 Å². The highest BCUT2D eigenvalue weighted by molar-refractivity contribution is 6.02. The number of methoxy groups -OCH3 is 1. The lowest BCUT2D eigenvalue weighted by Gasteiger charge is -2.19. The van der Waals surface area contributed by atoms with Crippen LogP contribution in [-0.2, 0) is 4.74 Å². The average molecular weight is 282 g/mol. The van der Waals surface area contributed by atoms with E-state index in [0.29, 0.717) is 36.6 Å². The molecule has 20 heavy (non-hydrogen) atoms. The van der Waals surface area contributed by atoms with E-state index in [4.69, 9.17) is 20.3 Å². The van der Waals surface area contributed by atoms with Gasteiger partial charge in [-0.1, -0.05) is 6.07 Å². The third kappa shape index (κ3) is 4.40. The van der Waals surface area contributed by atoms with E-state index in [1.807, 2.05) is 6.92 Å². The molecule has 6 nitrogen and oxygen atoms in total. The van der Waals surface area contributed by atoms with Crippen LogP contribution < -0.4 is 15.8 Å². The molecular weight excluding hydrogens is 260 g/mol. The minimum Gasteiger partial charge on any atom is -0.493 e. The monoisotopic (exact) mass is 282 g/mol. The third-order valence-corrected chi connectivity index (χ3v) is 2.77. The van der Waals surface area contributed by atoms with Crippen LogP contribution in [0.4, 0.5) is 5.69 Å². The van der Waals surface area contributed by atoms with Gasteiger partial charge < -0.3 is 25.6 Å². The first kappa shape index (κ1) is 16.3. The molecule has 0 fully saturated rings. The number of benzene rings is 1. The van der Waals surface area contributed by atoms with Crippen molar-refractivity contribution >= 4 is 11.6 Å². The van der Waals surface area contributed by atoms with Gasteiger partial charge >= 0.3 is 0 Å². The fourth-order valence-electron chi connectivity index (χ4n) is 1.88. The Morgan fingerprint density at radius 3 is 2.85 bits per heavy atom. The fourth-order valence-corrected chi connectivity index (χ4v) is 1.88. The SMILES string of the molecule is CCOc1cccc(N)c1C(=O)NC(CCO)COC. The molecule has 6 heteroatoms. The number of anilines is 1. The predicted octanol–water partition coefficient (Wildman–Crippen LogP) is 0.795. The summed E-state index contributed by atoms with van der Waals surface area (Å²) in [6.45, 7) is 2.58. The number of aliphatic hydroxyl groups is 1. The van der Waals surface area contributed by atoms with Crippen LogP contribution in [0.3, 0.4) is 0 Å². The first-order valence-corrected chi connectivity index (χ1v) is 6.56. The molecular formula is C14H22N2O4. The number of ether oxygens (including phenoxy) is 2. The second-order valence-electron chi connectivity index (χ2n) is 4.29. The highest BCUT2D eigenvalue weighted by Crippen LogP contribution is 2.24. The zero-order valence-corrected chi connectivity index (χ0v) is 11.9. The highest BCUT2D eigenvalue weighted by Gasteiger charge is 2.19. The third-order valence-electron chi connectivity index (χ3n) is 2.77. The van der Waals surface area contributed by atoms with Crippen molar-refractivity contribution in [1.29, 1.82) is 0 Å². The maximum absolute atomic E-state index is 12.3. The fraction of sp³-hybridized carbons (Fsp3) is 0.500. The van der Waals surface area contributed by atoms with Crippen molar-refractivity contribution in [1.82, 2.24) is 5.32 Å². The van der Waals surface area contributed by atoms with E-state index in [-0.39, 0.29) is 18.6 Å². The molecule has 0 spiro atoms. The van der Waals surface area contributed by atoms with Gasteiger partial charge in [0.05, 0.1) is 19.3 Å². The molecule has 0 aliphatic rings. The van der Waals surface area contributed by atoms with Crippen molar-refractivity contribution < 1.29 is 19.4 Å². The predicted molar refractivity (Wildman–Crippen MR) is 76.9 cm³/mol. The molecule has 0 heterocycles. The summed E-state index contributed by atoms with van der Waals surface area (Å²) >= 11 is 0. The Hall–Kier alpha value is -1.79. The Bertz CT molecular complexity index is 431. The van der Waals surface area contributed by atoms with Gasteiger partial charge in [0, 0.05) is 19.4 Å². The lowest BCUT2D eigenvalue weighted by molar-refractivity contribution is 0.0876. The number of aliphatic hydroxyl groups excluding tert-OH is 1. The van der Waals surface area contributed by atoms with Crippen LogP contribution in [0, 0.1) is 0 Å². The van der Waals surface area contributed by atoms with Crippen LogP contribution in [0.2, 0.25) is 0 Å². The second-order valence-corrected chi connectivity index (χ2v) is 4.29. The van der Waals surface area contributed by atoms with E-state index in [9.17, 15) is 4.79 Å². The Morgan fingerprint density at radius 2 is 2.25 bits per heavy atom. The molecule has 1 rings (SSSR count). The molecule has 112 valence electrons. The standard InChI is InChI=1S/C14H22N2O4/c1-3-20-12-6-4-5-11(15)13(12)14(18)16-10(7-8-17)9-19-2/h4-6,10,17H,3,7-9,15H2,1-2H3,(H,16,18). The molecule has 1 unspecified atom stereocenters. The molecule has 0 aliphatic carbocycles. The van der Waals surface area contributed by atoms with Gasteiger partial charge in [0.25, 0.3) is 5.91 Å². The Kier molecular flexibility index (Phi) is 6.83. The summed E-state index contributed by atoms with van der Waals surface area (Å²) in [5.74, 6) is 0.118. The number of hydrogen-bond acceptors (Lipinski definition) is 5. The summed E-state index contributed by atoms with van der Waals surface area (Å²) in [5.41, 5.74) is 6.52. The molecule has 1 aromatic carbocycles. The van der Waals surface area contributed by atoms with Gasteiger partial charge in [0.15, 0.2) is 0 Å². The van der Waals surface area contributed by atoms with Crippen molar-refractivity contribution in [3.8, 4) is 5.75 Å². The zero-order valence-electron chi connectivity index (χ0n) is 11.9. The van der Waals surface area contributed by atoms with E-state index < -0.39 is 0 Å². The molecule has 0 saturated heterocycles. The molecule has 0 saturated carbocycles. The molecule has 0 radical (unpaired) electrons. The Balaban J connectivity index is 2.90. The van der Waals surface area contributed by atoms with Crippen LogP contribution >= 0.6 is 0 Å². The van der Waals surface area contributed by atoms with Gasteiger partial charge in [-0.05, 0) is 25.5 Å². The van der Waals surface area contributed by atoms with Gasteiger partial charge in [-0.25, -0.2) is 0 Å². The smallest absolute Gasteiger partial charge is 0.257 e. The largest absolute Gasteiger partial charge is 0.493 e. The summed E-state index contributed by atoms with van der Waals surface area (Å²) in [6, 6.07) is 4.81. The van der Waals surface area contributed by atoms with Gasteiger partial charge in [0.2, 0.25) is 0 Å². The number of nitrogens with two attached hydrogens (primary N) is 1. The summed E-state index contributed by atoms with van der Waals surface area (Å²) in [4.78, 5) is 12.3. The van der Waals surface area contributed by atoms with Crippen LogP contribution in [0.5, 0.6) is 5.75 Å². The van der Waals surface area contributed by atoms with Crippen LogP contribution in [0.1, 0.15) is 23.7 Å². The lowest BCUT2D eigenvalue weighted by Crippen LogP contribution is -2.39. The van der Waals surface area contributed by atoms with Crippen molar-refractivity contribution in [2.45, 2.75) is 19.4 Å². The van der Waals surface area contributed by atoms with Crippen molar-refractivity contribution in [2.75, 3.05) is 32.7 Å². The molecule has 0 bridgehead atoms. The molecule has 4 N–H and O–H groups in total. The van der Waals surface area contributed by atoms with Gasteiger partial charge in [-0.2, -0.15) is 0 Å². The number of carbonyl (C=O) groups excluding carboxylic acids is 1. The number of rotatable bonds is 8. The van der Waals surface area contributed by atoms with Gasteiger partial charge in [0.1, 0.15) is 11.3 Å². The van der Waals surface area contributed by atoms with Crippen LogP contribution in [0.15, 0.2) is 18.2 Å². The number of amides is 1. The van der Waals surface area contributed by atoms with E-state index in [2.05, 4.69) is 5.32 Å². The van der Waals surface area contributed by atoms with Crippen LogP contribution in [-0.4, -0.2) is 44.0 Å². The summed E-state index contributed by atoms with van der Waals surface area (Å²) in [5, 5.41) is 11.8. The first-order valence-electron chi connectivity index (χ1n) is 6.56. The summed E-state index contributed by atoms with van der Waals surface area (Å²) in [7, 11) is 1.54. The van der Waals surface area contributed by atoms with Gasteiger partial charge in [-0.3, -0.25) is 4.79 Å². The maximum atomic E-state index is 12.3. The Labute approximate surface area is 118 Å². The average Bonchev–Trinajstić information content (AvgIpc) is 2.39. The Morgan fingerprint density at radius 1 is 1.50 bits per heavy atom. The van der Waals surface area contributed by atoms with Crippen molar-refractivity contribution in [3.63, 3.8) is 0 Å². The second kappa shape index (κ2) is 8.39. The molecule has 1 amide bonds. The quantitative estimate of drug-likeness (QED) is 0.613. The van der Waals surface area contributed by atoms with Gasteiger partial charge in [-0.15, -0.1) is 0 Å². The summed E-state index contributed by atoms with van der Waals surface area (Å²) in [6.07, 6.45) is 0.413. The van der Waals surface area contributed by atoms with Crippen LogP contribution in [0.25, 0.3) is 0 Å². The van der Waals surface area contributed by atoms with E-state index >= 15 is 0 Å². The number of carbonyl (C=O) groups is 1. The molecule has 0 aliphatic heterocycles. The lowest BCUT2D eigenvalue weighted by atomic mass is 10.1. The topological polar surface area (TPSA) is 93.8 Å².